The van der Waals surface area contributed by atoms with Crippen LogP contribution in [0.3, 0.4) is 0 Å². The Kier molecular flexibility index (Phi) is 6.16. The molecule has 0 unspecified atom stereocenters. The van der Waals surface area contributed by atoms with Gasteiger partial charge in [-0.05, 0) is 48.1 Å². The molecule has 0 saturated heterocycles. The van der Waals surface area contributed by atoms with Crippen LogP contribution in [0, 0.1) is 0 Å². The van der Waals surface area contributed by atoms with Crippen LogP contribution in [-0.4, -0.2) is 37.7 Å². The van der Waals surface area contributed by atoms with Gasteiger partial charge in [-0.3, -0.25) is 9.78 Å². The SMILES string of the molecule is COCc1c(C(=O)NCc2cnc3ccccc3c2)cnn1-c1ncc2c(n1)-c1ccccc1CCC2. The summed E-state index contributed by atoms with van der Waals surface area (Å²) in [6.45, 7) is 0.539. The molecule has 0 bridgehead atoms. The molecule has 2 aromatic carbocycles. The van der Waals surface area contributed by atoms with Crippen molar-refractivity contribution in [2.75, 3.05) is 7.11 Å². The third kappa shape index (κ3) is 4.47. The first-order valence-electron chi connectivity index (χ1n) is 12.3. The van der Waals surface area contributed by atoms with Crippen LogP contribution in [0.2, 0.25) is 0 Å². The van der Waals surface area contributed by atoms with E-state index >= 15 is 0 Å². The van der Waals surface area contributed by atoms with Crippen molar-refractivity contribution in [2.45, 2.75) is 32.4 Å². The van der Waals surface area contributed by atoms with Crippen LogP contribution in [0.4, 0.5) is 0 Å². The lowest BCUT2D eigenvalue weighted by atomic mass is 10.0. The van der Waals surface area contributed by atoms with E-state index in [1.165, 1.54) is 5.56 Å². The number of aryl methyl sites for hydroxylation is 2. The van der Waals surface area contributed by atoms with E-state index < -0.39 is 0 Å². The van der Waals surface area contributed by atoms with Crippen molar-refractivity contribution < 1.29 is 9.53 Å². The van der Waals surface area contributed by atoms with Gasteiger partial charge in [0.2, 0.25) is 0 Å². The number of carbonyl (C=O) groups excluding carboxylic acids is 1. The second-order valence-corrected chi connectivity index (χ2v) is 9.12. The van der Waals surface area contributed by atoms with Gasteiger partial charge in [-0.25, -0.2) is 9.97 Å². The lowest BCUT2D eigenvalue weighted by molar-refractivity contribution is 0.0945. The Labute approximate surface area is 214 Å². The van der Waals surface area contributed by atoms with E-state index in [1.807, 2.05) is 42.6 Å². The number of methoxy groups -OCH3 is 1. The maximum atomic E-state index is 13.2. The van der Waals surface area contributed by atoms with Crippen molar-refractivity contribution in [1.29, 1.82) is 0 Å². The Morgan fingerprint density at radius 2 is 1.84 bits per heavy atom. The summed E-state index contributed by atoms with van der Waals surface area (Å²) in [7, 11) is 1.59. The topological polar surface area (TPSA) is 94.8 Å². The highest BCUT2D eigenvalue weighted by Gasteiger charge is 2.22. The van der Waals surface area contributed by atoms with E-state index in [1.54, 1.807) is 24.2 Å². The van der Waals surface area contributed by atoms with Gasteiger partial charge in [-0.2, -0.15) is 9.78 Å². The molecule has 1 aliphatic carbocycles. The quantitative estimate of drug-likeness (QED) is 0.378. The number of fused-ring (bicyclic) bond motifs is 4. The number of amides is 1. The second kappa shape index (κ2) is 9.91. The molecule has 3 heterocycles. The van der Waals surface area contributed by atoms with Crippen molar-refractivity contribution >= 4 is 16.8 Å². The lowest BCUT2D eigenvalue weighted by Gasteiger charge is -2.12. The zero-order valence-electron chi connectivity index (χ0n) is 20.5. The molecule has 1 N–H and O–H groups in total. The predicted octanol–water partition coefficient (Wildman–Crippen LogP) is 4.44. The van der Waals surface area contributed by atoms with Crippen LogP contribution in [-0.2, 0) is 30.7 Å². The van der Waals surface area contributed by atoms with Gasteiger partial charge in [0.05, 0.1) is 35.3 Å². The smallest absolute Gasteiger partial charge is 0.255 e. The highest BCUT2D eigenvalue weighted by Crippen LogP contribution is 2.31. The fourth-order valence-electron chi connectivity index (χ4n) is 4.86. The molecule has 1 aliphatic rings. The van der Waals surface area contributed by atoms with Gasteiger partial charge in [0.25, 0.3) is 11.9 Å². The number of nitrogens with zero attached hydrogens (tertiary/aromatic N) is 5. The first-order valence-corrected chi connectivity index (χ1v) is 12.3. The minimum Gasteiger partial charge on any atom is -0.378 e. The maximum absolute atomic E-state index is 13.2. The number of carbonyl (C=O) groups is 1. The van der Waals surface area contributed by atoms with E-state index in [-0.39, 0.29) is 12.5 Å². The largest absolute Gasteiger partial charge is 0.378 e. The molecule has 0 atom stereocenters. The van der Waals surface area contributed by atoms with Crippen molar-refractivity contribution in [3.05, 3.63) is 101 Å². The number of aromatic nitrogens is 5. The molecule has 6 rings (SSSR count). The Morgan fingerprint density at radius 1 is 1.00 bits per heavy atom. The molecule has 184 valence electrons. The second-order valence-electron chi connectivity index (χ2n) is 9.12. The average Bonchev–Trinajstić information content (AvgIpc) is 3.26. The maximum Gasteiger partial charge on any atom is 0.255 e. The standard InChI is InChI=1S/C29H26N6O2/c1-37-18-26-24(28(36)31-15-19-13-21-8-3-5-12-25(21)30-14-19)17-33-35(26)29-32-16-22-10-6-9-20-7-2-4-11-23(20)27(22)34-29/h2-5,7-8,11-14,16-17H,6,9-10,15,18H2,1H3,(H,31,36). The summed E-state index contributed by atoms with van der Waals surface area (Å²) in [5.74, 6) is 0.173. The Hall–Kier alpha value is -4.43. The van der Waals surface area contributed by atoms with Gasteiger partial charge >= 0.3 is 0 Å². The van der Waals surface area contributed by atoms with E-state index in [0.717, 1.165) is 52.5 Å². The molecule has 0 spiro atoms. The third-order valence-corrected chi connectivity index (χ3v) is 6.70. The predicted molar refractivity (Wildman–Crippen MR) is 140 cm³/mol. The fourth-order valence-corrected chi connectivity index (χ4v) is 4.86. The summed E-state index contributed by atoms with van der Waals surface area (Å²) in [5, 5.41) is 8.51. The highest BCUT2D eigenvalue weighted by molar-refractivity contribution is 5.95. The number of para-hydroxylation sites is 1. The molecule has 0 fully saturated rings. The lowest BCUT2D eigenvalue weighted by Crippen LogP contribution is -2.24. The number of hydrogen-bond donors (Lipinski definition) is 1. The molecule has 3 aromatic heterocycles. The van der Waals surface area contributed by atoms with Gasteiger partial charge in [0.15, 0.2) is 0 Å². The molecular formula is C29H26N6O2. The van der Waals surface area contributed by atoms with Gasteiger partial charge in [-0.1, -0.05) is 42.5 Å². The molecule has 8 nitrogen and oxygen atoms in total. The Balaban J connectivity index is 1.30. The number of hydrogen-bond acceptors (Lipinski definition) is 6. The number of nitrogens with one attached hydrogen (secondary N) is 1. The van der Waals surface area contributed by atoms with Gasteiger partial charge in [0.1, 0.15) is 0 Å². The van der Waals surface area contributed by atoms with Crippen molar-refractivity contribution in [2.24, 2.45) is 0 Å². The number of pyridine rings is 1. The zero-order valence-corrected chi connectivity index (χ0v) is 20.5. The molecule has 1 amide bonds. The summed E-state index contributed by atoms with van der Waals surface area (Å²) < 4.78 is 7.03. The Bertz CT molecular complexity index is 1610. The number of benzene rings is 2. The molecule has 37 heavy (non-hydrogen) atoms. The Morgan fingerprint density at radius 3 is 2.76 bits per heavy atom. The minimum atomic E-state index is -0.244. The van der Waals surface area contributed by atoms with Crippen molar-refractivity contribution in [1.82, 2.24) is 30.0 Å². The first-order chi connectivity index (χ1) is 18.2. The van der Waals surface area contributed by atoms with Crippen LogP contribution >= 0.6 is 0 Å². The summed E-state index contributed by atoms with van der Waals surface area (Å²) in [5.41, 5.74) is 7.31. The summed E-state index contributed by atoms with van der Waals surface area (Å²) in [4.78, 5) is 27.2. The molecule has 0 aliphatic heterocycles. The van der Waals surface area contributed by atoms with Gasteiger partial charge < -0.3 is 10.1 Å². The highest BCUT2D eigenvalue weighted by atomic mass is 16.5. The normalized spacial score (nSPS) is 12.6. The molecular weight excluding hydrogens is 464 g/mol. The molecule has 8 heteroatoms. The van der Waals surface area contributed by atoms with Crippen LogP contribution in [0.5, 0.6) is 0 Å². The van der Waals surface area contributed by atoms with E-state index in [2.05, 4.69) is 38.6 Å². The van der Waals surface area contributed by atoms with E-state index in [4.69, 9.17) is 9.72 Å². The molecule has 0 saturated carbocycles. The van der Waals surface area contributed by atoms with Crippen LogP contribution in [0.1, 0.15) is 39.2 Å². The molecule has 5 aromatic rings. The minimum absolute atomic E-state index is 0.192. The van der Waals surface area contributed by atoms with E-state index in [9.17, 15) is 4.79 Å². The zero-order chi connectivity index (χ0) is 25.2. The van der Waals surface area contributed by atoms with Crippen LogP contribution in [0.15, 0.2) is 73.2 Å². The average molecular weight is 491 g/mol. The summed E-state index contributed by atoms with van der Waals surface area (Å²) in [6, 6.07) is 18.3. The number of ether oxygens (including phenoxy) is 1. The molecule has 0 radical (unpaired) electrons. The van der Waals surface area contributed by atoms with Crippen LogP contribution < -0.4 is 5.32 Å². The van der Waals surface area contributed by atoms with Gasteiger partial charge in [-0.15, -0.1) is 0 Å². The van der Waals surface area contributed by atoms with Crippen molar-refractivity contribution in [3.63, 3.8) is 0 Å². The fraction of sp³-hybridized carbons (Fsp3) is 0.207. The van der Waals surface area contributed by atoms with Crippen molar-refractivity contribution in [3.8, 4) is 17.2 Å². The van der Waals surface area contributed by atoms with Crippen LogP contribution in [0.25, 0.3) is 28.1 Å². The third-order valence-electron chi connectivity index (χ3n) is 6.70. The summed E-state index contributed by atoms with van der Waals surface area (Å²) >= 11 is 0. The number of rotatable bonds is 6. The van der Waals surface area contributed by atoms with E-state index in [0.29, 0.717) is 23.8 Å². The first kappa shape index (κ1) is 23.0. The summed E-state index contributed by atoms with van der Waals surface area (Å²) in [6.07, 6.45) is 8.20. The van der Waals surface area contributed by atoms with Gasteiger partial charge in [0, 0.05) is 37.0 Å². The monoisotopic (exact) mass is 490 g/mol.